The lowest BCUT2D eigenvalue weighted by atomic mass is 9.99. The van der Waals surface area contributed by atoms with Gasteiger partial charge in [-0.2, -0.15) is 0 Å². The maximum Gasteiger partial charge on any atom is 0.170 e. The van der Waals surface area contributed by atoms with E-state index in [0.29, 0.717) is 29.7 Å². The molecule has 0 spiro atoms. The average Bonchev–Trinajstić information content (AvgIpc) is 0.778. The Bertz CT molecular complexity index is 4210. The number of rotatable bonds is 14. The van der Waals surface area contributed by atoms with Gasteiger partial charge in [-0.25, -0.2) is 0 Å². The summed E-state index contributed by atoms with van der Waals surface area (Å²) in [4.78, 5) is 24.6. The van der Waals surface area contributed by atoms with E-state index in [2.05, 4.69) is 224 Å². The van der Waals surface area contributed by atoms with Crippen LogP contribution in [0.2, 0.25) is 0 Å². The molecule has 0 fully saturated rings. The topological polar surface area (TPSA) is 94.8 Å². The maximum atomic E-state index is 12.3. The van der Waals surface area contributed by atoms with Crippen molar-refractivity contribution in [1.29, 1.82) is 0 Å². The largest absolute Gasteiger partial charge is 0.508 e. The van der Waals surface area contributed by atoms with Crippen LogP contribution in [0.5, 0.6) is 17.2 Å². The first kappa shape index (κ1) is 61.8. The summed E-state index contributed by atoms with van der Waals surface area (Å²) >= 11 is 0. The van der Waals surface area contributed by atoms with Crippen molar-refractivity contribution in [3.8, 4) is 17.2 Å². The molecule has 14 aromatic rings. The van der Waals surface area contributed by atoms with E-state index in [1.165, 1.54) is 42.4 Å². The van der Waals surface area contributed by atoms with Crippen molar-refractivity contribution in [2.24, 2.45) is 0 Å². The zero-order valence-electron chi connectivity index (χ0n) is 50.2. The number of carbonyl (C=O) groups is 2. The smallest absolute Gasteiger partial charge is 0.170 e. The van der Waals surface area contributed by atoms with E-state index in [-0.39, 0.29) is 23.1 Å². The number of fused-ring (bicyclic) bond motifs is 2. The van der Waals surface area contributed by atoms with Gasteiger partial charge in [0, 0.05) is 12.8 Å². The molecule has 0 saturated heterocycles. The van der Waals surface area contributed by atoms with Gasteiger partial charge in [0.05, 0.1) is 11.1 Å². The van der Waals surface area contributed by atoms with Crippen molar-refractivity contribution >= 4 is 90.1 Å². The highest BCUT2D eigenvalue weighted by Crippen LogP contribution is 2.55. The minimum atomic E-state index is -2.04. The normalized spacial score (nSPS) is 10.9. The van der Waals surface area contributed by atoms with E-state index in [1.54, 1.807) is 36.4 Å². The molecule has 0 saturated carbocycles. The van der Waals surface area contributed by atoms with Crippen LogP contribution in [0.25, 0.3) is 21.5 Å². The molecule has 0 atom stereocenters. The molecule has 7 heteroatoms. The molecule has 0 amide bonds. The van der Waals surface area contributed by atoms with Gasteiger partial charge in [-0.1, -0.05) is 237 Å². The van der Waals surface area contributed by atoms with E-state index in [0.717, 1.165) is 32.7 Å². The number of hydrogen-bond acceptors (Lipinski definition) is 5. The lowest BCUT2D eigenvalue weighted by Crippen LogP contribution is -2.38. The van der Waals surface area contributed by atoms with E-state index in [4.69, 9.17) is 0 Å². The molecule has 3 N–H and O–H groups in total. The average molecular weight is 1220 g/mol. The highest BCUT2D eigenvalue weighted by atomic mass is 31.2. The van der Waals surface area contributed by atoms with Crippen LogP contribution >= 0.6 is 14.5 Å². The summed E-state index contributed by atoms with van der Waals surface area (Å²) in [6.07, 6.45) is 0.597. The van der Waals surface area contributed by atoms with Crippen LogP contribution in [0.15, 0.2) is 370 Å². The van der Waals surface area contributed by atoms with Crippen molar-refractivity contribution in [3.63, 3.8) is 0 Å². The van der Waals surface area contributed by atoms with Crippen molar-refractivity contribution in [1.82, 2.24) is 0 Å². The van der Waals surface area contributed by atoms with E-state index in [9.17, 15) is 24.9 Å². The molecule has 0 aliphatic carbocycles. The van der Waals surface area contributed by atoms with Gasteiger partial charge in [-0.3, -0.25) is 9.59 Å². The fourth-order valence-corrected chi connectivity index (χ4v) is 20.2. The summed E-state index contributed by atoms with van der Waals surface area (Å²) < 4.78 is 0. The minimum absolute atomic E-state index is 0.0460. The molecule has 0 aliphatic heterocycles. The van der Waals surface area contributed by atoms with Crippen molar-refractivity contribution in [2.75, 3.05) is 0 Å². The third-order valence-electron chi connectivity index (χ3n) is 16.0. The second kappa shape index (κ2) is 29.9. The van der Waals surface area contributed by atoms with Crippen molar-refractivity contribution < 1.29 is 24.9 Å². The zero-order valence-corrected chi connectivity index (χ0v) is 52.0. The van der Waals surface area contributed by atoms with Gasteiger partial charge in [0.2, 0.25) is 0 Å². The Morgan fingerprint density at radius 3 is 0.670 bits per heavy atom. The van der Waals surface area contributed by atoms with Gasteiger partial charge in [-0.05, 0) is 166 Å². The quantitative estimate of drug-likeness (QED) is 0.0745. The van der Waals surface area contributed by atoms with Crippen LogP contribution in [0.1, 0.15) is 31.8 Å². The van der Waals surface area contributed by atoms with Gasteiger partial charge in [0.1, 0.15) is 74.2 Å². The molecular formula is C84H68O5P2+2. The fourth-order valence-electron chi connectivity index (χ4n) is 11.7. The molecule has 91 heavy (non-hydrogen) atoms. The van der Waals surface area contributed by atoms with Gasteiger partial charge >= 0.3 is 0 Å². The maximum absolute atomic E-state index is 12.3. The number of Topliss-reactive ketones (excluding diaryl/α,β-unsaturated/α-hetero) is 2. The Balaban J connectivity index is 0.000000125. The standard InChI is InChI=1S/C24H19OP.C24H20P.2C18H14O2/c25-20-16-18-24(19-17-20)26(21-10-4-1-5-11-21,22-12-6-2-7-13-22)23-14-8-3-9-15-23;1-5-13-21(14-6-1)25(22-15-7-2-8-16-22,23-17-9-3-10-18-23)24-19-11-4-12-20-24;2*19-17(10-13-6-2-1-3-7-13)16-11-14-8-4-5-9-15(14)12-18(16)20/h1-19H;1-20H;2*1-9,11-12,20H,10H2/q;+1;;/p+1. The number of carbonyl (C=O) groups excluding carboxylic acids is 2. The first-order valence-corrected chi connectivity index (χ1v) is 33.8. The summed E-state index contributed by atoms with van der Waals surface area (Å²) in [6.45, 7) is 0. The number of phenolic OH excluding ortho intramolecular Hbond substituents is 3. The SMILES string of the molecule is O=C(Cc1ccccc1)c1cc2ccccc2cc1O.O=C(Cc1ccccc1)c1cc2ccccc2cc1O.Oc1ccc([P+](c2ccccc2)(c2ccccc2)c2ccccc2)cc1.c1ccc([P+](c2ccccc2)(c2ccccc2)c2ccccc2)cc1. The number of hydrogen-bond donors (Lipinski definition) is 3. The summed E-state index contributed by atoms with van der Waals surface area (Å²) in [7, 11) is -3.94. The zero-order chi connectivity index (χ0) is 62.7. The highest BCUT2D eigenvalue weighted by molar-refractivity contribution is 8.02. The molecule has 442 valence electrons. The number of phenols is 3. The fraction of sp³-hybridized carbons (Fsp3) is 0.0238. The van der Waals surface area contributed by atoms with Crippen LogP contribution in [0.3, 0.4) is 0 Å². The number of ketones is 2. The third-order valence-corrected chi connectivity index (χ3v) is 24.6. The molecule has 0 aromatic heterocycles. The molecule has 14 aromatic carbocycles. The first-order chi connectivity index (χ1) is 44.7. The van der Waals surface area contributed by atoms with Gasteiger partial charge in [0.15, 0.2) is 11.6 Å². The number of aromatic hydroxyl groups is 3. The van der Waals surface area contributed by atoms with E-state index in [1.807, 2.05) is 109 Å². The van der Waals surface area contributed by atoms with Crippen LogP contribution < -0.4 is 42.4 Å². The molecule has 0 aliphatic rings. The summed E-state index contributed by atoms with van der Waals surface area (Å²) in [6, 6.07) is 125. The van der Waals surface area contributed by atoms with Crippen LogP contribution in [0, 0.1) is 0 Å². The Hall–Kier alpha value is -10.8. The lowest BCUT2D eigenvalue weighted by molar-refractivity contribution is 0.0982. The van der Waals surface area contributed by atoms with Gasteiger partial charge in [0.25, 0.3) is 0 Å². The Labute approximate surface area is 534 Å². The molecule has 0 bridgehead atoms. The van der Waals surface area contributed by atoms with Gasteiger partial charge < -0.3 is 15.3 Å². The molecule has 0 radical (unpaired) electrons. The van der Waals surface area contributed by atoms with Crippen LogP contribution in [0.4, 0.5) is 0 Å². The predicted octanol–water partition coefficient (Wildman–Crippen LogP) is 16.3. The predicted molar refractivity (Wildman–Crippen MR) is 384 cm³/mol. The molecule has 14 rings (SSSR count). The Kier molecular flexibility index (Phi) is 20.3. The van der Waals surface area contributed by atoms with Crippen LogP contribution in [-0.4, -0.2) is 26.9 Å². The second-order valence-electron chi connectivity index (χ2n) is 21.8. The summed E-state index contributed by atoms with van der Waals surface area (Å²) in [5.74, 6) is 0.245. The third kappa shape index (κ3) is 14.4. The minimum Gasteiger partial charge on any atom is -0.508 e. The monoisotopic (exact) mass is 1220 g/mol. The molecule has 0 heterocycles. The highest BCUT2D eigenvalue weighted by Gasteiger charge is 2.49. The second-order valence-corrected chi connectivity index (χ2v) is 28.6. The molecule has 5 nitrogen and oxygen atoms in total. The van der Waals surface area contributed by atoms with Gasteiger partial charge in [-0.15, -0.1) is 0 Å². The summed E-state index contributed by atoms with van der Waals surface area (Å²) in [5.41, 5.74) is 2.66. The van der Waals surface area contributed by atoms with E-state index >= 15 is 0 Å². The van der Waals surface area contributed by atoms with Crippen molar-refractivity contribution in [3.05, 3.63) is 392 Å². The number of benzene rings is 14. The lowest BCUT2D eigenvalue weighted by Gasteiger charge is -2.27. The summed E-state index contributed by atoms with van der Waals surface area (Å²) in [5, 5.41) is 44.4. The first-order valence-electron chi connectivity index (χ1n) is 30.3. The molecular weight excluding hydrogens is 1150 g/mol. The Morgan fingerprint density at radius 1 is 0.231 bits per heavy atom. The van der Waals surface area contributed by atoms with Crippen LogP contribution in [-0.2, 0) is 12.8 Å². The van der Waals surface area contributed by atoms with E-state index < -0.39 is 14.5 Å². The Morgan fingerprint density at radius 2 is 0.429 bits per heavy atom. The molecule has 0 unspecified atom stereocenters. The van der Waals surface area contributed by atoms with Crippen molar-refractivity contribution in [2.45, 2.75) is 12.8 Å².